The maximum atomic E-state index is 12.0. The van der Waals surface area contributed by atoms with Crippen LogP contribution >= 0.6 is 0 Å². The standard InChI is InChI=1S/C12H22F3N3O2/c1-3-16-11(18-9-7-12(13,14)15)17-8-5-6-10(19)20-4-2/h3-9H2,1-2H3,(H2,16,17,18). The first-order valence-corrected chi connectivity index (χ1v) is 6.63. The molecule has 0 saturated heterocycles. The summed E-state index contributed by atoms with van der Waals surface area (Å²) >= 11 is 0. The van der Waals surface area contributed by atoms with Gasteiger partial charge in [0.1, 0.15) is 0 Å². The number of carbonyl (C=O) groups is 1. The Balaban J connectivity index is 3.98. The lowest BCUT2D eigenvalue weighted by molar-refractivity contribution is -0.143. The van der Waals surface area contributed by atoms with Crippen molar-refractivity contribution in [3.05, 3.63) is 0 Å². The monoisotopic (exact) mass is 297 g/mol. The van der Waals surface area contributed by atoms with Crippen LogP contribution in [0.2, 0.25) is 0 Å². The molecular formula is C12H22F3N3O2. The predicted molar refractivity (Wildman–Crippen MR) is 70.5 cm³/mol. The van der Waals surface area contributed by atoms with E-state index in [0.717, 1.165) is 0 Å². The number of nitrogens with one attached hydrogen (secondary N) is 2. The van der Waals surface area contributed by atoms with Crippen LogP contribution in [0.4, 0.5) is 13.2 Å². The van der Waals surface area contributed by atoms with Gasteiger partial charge >= 0.3 is 12.1 Å². The van der Waals surface area contributed by atoms with Gasteiger partial charge in [-0.1, -0.05) is 0 Å². The van der Waals surface area contributed by atoms with Gasteiger partial charge in [-0.3, -0.25) is 9.79 Å². The molecule has 0 rings (SSSR count). The van der Waals surface area contributed by atoms with Crippen molar-refractivity contribution in [3.8, 4) is 0 Å². The summed E-state index contributed by atoms with van der Waals surface area (Å²) in [6, 6.07) is 0. The highest BCUT2D eigenvalue weighted by atomic mass is 19.4. The first kappa shape index (κ1) is 18.5. The van der Waals surface area contributed by atoms with Crippen molar-refractivity contribution in [3.63, 3.8) is 0 Å². The van der Waals surface area contributed by atoms with Crippen molar-refractivity contribution in [1.82, 2.24) is 10.6 Å². The summed E-state index contributed by atoms with van der Waals surface area (Å²) in [6.45, 7) is 4.55. The maximum Gasteiger partial charge on any atom is 0.390 e. The second kappa shape index (κ2) is 10.3. The van der Waals surface area contributed by atoms with E-state index < -0.39 is 12.6 Å². The molecule has 0 unspecified atom stereocenters. The fraction of sp³-hybridized carbons (Fsp3) is 0.833. The number of alkyl halides is 3. The third kappa shape index (κ3) is 11.6. The van der Waals surface area contributed by atoms with Crippen LogP contribution in [0, 0.1) is 0 Å². The van der Waals surface area contributed by atoms with Gasteiger partial charge in [0.05, 0.1) is 13.0 Å². The van der Waals surface area contributed by atoms with Crippen molar-refractivity contribution in [2.75, 3.05) is 26.2 Å². The van der Waals surface area contributed by atoms with E-state index in [2.05, 4.69) is 15.6 Å². The first-order valence-electron chi connectivity index (χ1n) is 6.63. The number of ether oxygens (including phenoxy) is 1. The fourth-order valence-corrected chi connectivity index (χ4v) is 1.31. The number of hydrogen-bond acceptors (Lipinski definition) is 3. The summed E-state index contributed by atoms with van der Waals surface area (Å²) < 4.78 is 40.8. The zero-order valence-electron chi connectivity index (χ0n) is 11.8. The van der Waals surface area contributed by atoms with E-state index in [1.54, 1.807) is 6.92 Å². The Morgan fingerprint density at radius 3 is 2.50 bits per heavy atom. The first-order chi connectivity index (χ1) is 9.39. The Bertz CT molecular complexity index is 307. The molecule has 0 heterocycles. The van der Waals surface area contributed by atoms with Gasteiger partial charge in [0.2, 0.25) is 0 Å². The third-order valence-corrected chi connectivity index (χ3v) is 2.16. The van der Waals surface area contributed by atoms with E-state index in [1.807, 2.05) is 6.92 Å². The van der Waals surface area contributed by atoms with Gasteiger partial charge < -0.3 is 15.4 Å². The van der Waals surface area contributed by atoms with E-state index in [-0.39, 0.29) is 18.9 Å². The molecule has 0 atom stereocenters. The van der Waals surface area contributed by atoms with Gasteiger partial charge in [0, 0.05) is 26.1 Å². The highest BCUT2D eigenvalue weighted by Gasteiger charge is 2.26. The predicted octanol–water partition coefficient (Wildman–Crippen LogP) is 1.84. The average molecular weight is 297 g/mol. The van der Waals surface area contributed by atoms with E-state index in [1.165, 1.54) is 0 Å². The van der Waals surface area contributed by atoms with Crippen LogP contribution in [-0.2, 0) is 9.53 Å². The Hall–Kier alpha value is -1.47. The van der Waals surface area contributed by atoms with Crippen molar-refractivity contribution in [2.24, 2.45) is 4.99 Å². The zero-order valence-corrected chi connectivity index (χ0v) is 11.8. The molecule has 20 heavy (non-hydrogen) atoms. The number of esters is 1. The lowest BCUT2D eigenvalue weighted by Crippen LogP contribution is -2.39. The summed E-state index contributed by atoms with van der Waals surface area (Å²) in [4.78, 5) is 15.2. The van der Waals surface area contributed by atoms with E-state index in [4.69, 9.17) is 4.74 Å². The molecule has 8 heteroatoms. The lowest BCUT2D eigenvalue weighted by atomic mass is 10.3. The number of rotatable bonds is 8. The third-order valence-electron chi connectivity index (χ3n) is 2.16. The topological polar surface area (TPSA) is 62.7 Å². The largest absolute Gasteiger partial charge is 0.466 e. The van der Waals surface area contributed by atoms with Crippen LogP contribution in [-0.4, -0.2) is 44.3 Å². The van der Waals surface area contributed by atoms with Crippen molar-refractivity contribution < 1.29 is 22.7 Å². The van der Waals surface area contributed by atoms with Crippen molar-refractivity contribution in [2.45, 2.75) is 39.3 Å². The van der Waals surface area contributed by atoms with Gasteiger partial charge in [0.15, 0.2) is 5.96 Å². The number of guanidine groups is 1. The molecule has 5 nitrogen and oxygen atoms in total. The van der Waals surface area contributed by atoms with Crippen molar-refractivity contribution in [1.29, 1.82) is 0 Å². The summed E-state index contributed by atoms with van der Waals surface area (Å²) in [6.07, 6.45) is -4.36. The molecule has 0 amide bonds. The Kier molecular flexibility index (Phi) is 9.57. The lowest BCUT2D eigenvalue weighted by Gasteiger charge is -2.12. The molecule has 0 aromatic heterocycles. The van der Waals surface area contributed by atoms with E-state index >= 15 is 0 Å². The fourth-order valence-electron chi connectivity index (χ4n) is 1.31. The zero-order chi connectivity index (χ0) is 15.4. The number of nitrogens with zero attached hydrogens (tertiary/aromatic N) is 1. The molecule has 0 bridgehead atoms. The van der Waals surface area contributed by atoms with Crippen LogP contribution in [0.5, 0.6) is 0 Å². The highest BCUT2D eigenvalue weighted by molar-refractivity contribution is 5.79. The molecule has 0 aliphatic heterocycles. The molecule has 0 aliphatic carbocycles. The SMILES string of the molecule is CCNC(=NCCCC(=O)OCC)NCCC(F)(F)F. The van der Waals surface area contributed by atoms with Crippen LogP contribution in [0.1, 0.15) is 33.1 Å². The Morgan fingerprint density at radius 1 is 1.25 bits per heavy atom. The van der Waals surface area contributed by atoms with Crippen LogP contribution in [0.15, 0.2) is 4.99 Å². The number of halogens is 3. The molecular weight excluding hydrogens is 275 g/mol. The molecule has 0 aliphatic rings. The molecule has 0 spiro atoms. The summed E-state index contributed by atoms with van der Waals surface area (Å²) in [7, 11) is 0. The highest BCUT2D eigenvalue weighted by Crippen LogP contribution is 2.17. The van der Waals surface area contributed by atoms with Gasteiger partial charge in [-0.25, -0.2) is 0 Å². The number of aliphatic imine (C=N–C) groups is 1. The second-order valence-corrected chi connectivity index (χ2v) is 3.96. The number of hydrogen-bond donors (Lipinski definition) is 2. The molecule has 2 N–H and O–H groups in total. The Morgan fingerprint density at radius 2 is 1.95 bits per heavy atom. The molecule has 0 saturated carbocycles. The normalized spacial score (nSPS) is 12.2. The Labute approximate surface area is 117 Å². The maximum absolute atomic E-state index is 12.0. The van der Waals surface area contributed by atoms with Gasteiger partial charge in [-0.05, 0) is 20.3 Å². The molecule has 0 aromatic carbocycles. The van der Waals surface area contributed by atoms with E-state index in [9.17, 15) is 18.0 Å². The van der Waals surface area contributed by atoms with Crippen LogP contribution in [0.3, 0.4) is 0 Å². The molecule has 118 valence electrons. The minimum atomic E-state index is -4.19. The minimum absolute atomic E-state index is 0.229. The average Bonchev–Trinajstić information content (AvgIpc) is 2.33. The van der Waals surface area contributed by atoms with E-state index in [0.29, 0.717) is 32.1 Å². The van der Waals surface area contributed by atoms with Gasteiger partial charge in [0.25, 0.3) is 0 Å². The second-order valence-electron chi connectivity index (χ2n) is 3.96. The molecule has 0 radical (unpaired) electrons. The van der Waals surface area contributed by atoms with Crippen LogP contribution < -0.4 is 10.6 Å². The summed E-state index contributed by atoms with van der Waals surface area (Å²) in [5, 5.41) is 5.43. The summed E-state index contributed by atoms with van der Waals surface area (Å²) in [5.74, 6) is 0.0262. The van der Waals surface area contributed by atoms with Gasteiger partial charge in [-0.2, -0.15) is 13.2 Å². The number of carbonyl (C=O) groups excluding carboxylic acids is 1. The molecule has 0 aromatic rings. The summed E-state index contributed by atoms with van der Waals surface area (Å²) in [5.41, 5.74) is 0. The minimum Gasteiger partial charge on any atom is -0.466 e. The smallest absolute Gasteiger partial charge is 0.390 e. The van der Waals surface area contributed by atoms with Crippen molar-refractivity contribution >= 4 is 11.9 Å². The quantitative estimate of drug-likeness (QED) is 0.310. The molecule has 0 fully saturated rings. The van der Waals surface area contributed by atoms with Gasteiger partial charge in [-0.15, -0.1) is 0 Å². The van der Waals surface area contributed by atoms with Crippen LogP contribution in [0.25, 0.3) is 0 Å².